The average molecular weight is 233 g/mol. The van der Waals surface area contributed by atoms with Gasteiger partial charge in [-0.2, -0.15) is 4.37 Å². The molecule has 0 saturated heterocycles. The number of ether oxygens (including phenoxy) is 1. The number of nitrogens with zero attached hydrogens (tertiary/aromatic N) is 2. The fraction of sp³-hybridized carbons (Fsp3) is 0.571. The molecule has 1 unspecified atom stereocenters. The molecular formula is C7H11N3O2S2. The largest absolute Gasteiger partial charge is 0.468 e. The number of hydrogen-bond acceptors (Lipinski definition) is 7. The van der Waals surface area contributed by atoms with E-state index < -0.39 is 11.5 Å². The summed E-state index contributed by atoms with van der Waals surface area (Å²) in [7, 11) is 1.32. The second kappa shape index (κ2) is 4.72. The molecule has 0 spiro atoms. The topological polar surface area (TPSA) is 78.1 Å². The first-order valence-corrected chi connectivity index (χ1v) is 5.59. The van der Waals surface area contributed by atoms with Gasteiger partial charge in [-0.1, -0.05) is 11.8 Å². The maximum Gasteiger partial charge on any atom is 0.326 e. The SMILES string of the molecule is COC(=O)C(C)(N)CSc1ncns1. The first-order valence-electron chi connectivity index (χ1n) is 3.83. The van der Waals surface area contributed by atoms with Gasteiger partial charge in [0.2, 0.25) is 0 Å². The van der Waals surface area contributed by atoms with Crippen LogP contribution >= 0.6 is 23.3 Å². The number of carbonyl (C=O) groups is 1. The molecular weight excluding hydrogens is 222 g/mol. The summed E-state index contributed by atoms with van der Waals surface area (Å²) in [5.41, 5.74) is 4.77. The van der Waals surface area contributed by atoms with Gasteiger partial charge in [0.1, 0.15) is 11.9 Å². The Hall–Kier alpha value is -0.660. The Morgan fingerprint density at radius 1 is 1.86 bits per heavy atom. The van der Waals surface area contributed by atoms with Crippen LogP contribution in [0.15, 0.2) is 10.7 Å². The molecule has 0 aliphatic heterocycles. The molecule has 78 valence electrons. The number of nitrogens with two attached hydrogens (primary N) is 1. The van der Waals surface area contributed by atoms with Crippen LogP contribution in [0.5, 0.6) is 0 Å². The molecule has 2 N–H and O–H groups in total. The van der Waals surface area contributed by atoms with Crippen molar-refractivity contribution in [3.63, 3.8) is 0 Å². The van der Waals surface area contributed by atoms with E-state index in [-0.39, 0.29) is 0 Å². The van der Waals surface area contributed by atoms with Crippen molar-refractivity contribution in [3.05, 3.63) is 6.33 Å². The van der Waals surface area contributed by atoms with Crippen LogP contribution < -0.4 is 5.73 Å². The number of hydrogen-bond donors (Lipinski definition) is 1. The fourth-order valence-corrected chi connectivity index (χ4v) is 2.19. The second-order valence-electron chi connectivity index (χ2n) is 2.90. The van der Waals surface area contributed by atoms with Gasteiger partial charge in [0.15, 0.2) is 4.34 Å². The zero-order valence-corrected chi connectivity index (χ0v) is 9.52. The number of methoxy groups -OCH3 is 1. The molecule has 1 atom stereocenters. The van der Waals surface area contributed by atoms with Gasteiger partial charge in [-0.25, -0.2) is 4.98 Å². The summed E-state index contributed by atoms with van der Waals surface area (Å²) >= 11 is 2.67. The number of thioether (sulfide) groups is 1. The first kappa shape index (κ1) is 11.4. The van der Waals surface area contributed by atoms with Crippen molar-refractivity contribution in [2.45, 2.75) is 16.8 Å². The molecule has 0 aliphatic rings. The summed E-state index contributed by atoms with van der Waals surface area (Å²) in [6, 6.07) is 0. The van der Waals surface area contributed by atoms with E-state index in [2.05, 4.69) is 14.1 Å². The highest BCUT2D eigenvalue weighted by Crippen LogP contribution is 2.22. The van der Waals surface area contributed by atoms with Crippen molar-refractivity contribution in [1.82, 2.24) is 9.36 Å². The maximum absolute atomic E-state index is 11.2. The quantitative estimate of drug-likeness (QED) is 0.603. The third kappa shape index (κ3) is 2.93. The molecule has 14 heavy (non-hydrogen) atoms. The molecule has 0 bridgehead atoms. The van der Waals surface area contributed by atoms with Crippen LogP contribution in [0.4, 0.5) is 0 Å². The summed E-state index contributed by atoms with van der Waals surface area (Å²) in [5, 5.41) is 0. The normalized spacial score (nSPS) is 14.8. The standard InChI is InChI=1S/C7H11N3O2S2/c1-7(8,5(11)12-2)3-13-6-9-4-10-14-6/h4H,3,8H2,1-2H3. The van der Waals surface area contributed by atoms with Crippen molar-refractivity contribution in [1.29, 1.82) is 0 Å². The van der Waals surface area contributed by atoms with Gasteiger partial charge in [0.05, 0.1) is 7.11 Å². The molecule has 5 nitrogen and oxygen atoms in total. The van der Waals surface area contributed by atoms with E-state index in [1.807, 2.05) is 0 Å². The Balaban J connectivity index is 2.48. The minimum absolute atomic E-state index is 0.422. The van der Waals surface area contributed by atoms with Crippen molar-refractivity contribution >= 4 is 29.3 Å². The van der Waals surface area contributed by atoms with E-state index >= 15 is 0 Å². The lowest BCUT2D eigenvalue weighted by molar-refractivity contribution is -0.145. The summed E-state index contributed by atoms with van der Waals surface area (Å²) in [6.07, 6.45) is 1.47. The lowest BCUT2D eigenvalue weighted by Crippen LogP contribution is -2.48. The molecule has 1 aromatic heterocycles. The van der Waals surface area contributed by atoms with Crippen LogP contribution in [0.2, 0.25) is 0 Å². The highest BCUT2D eigenvalue weighted by Gasteiger charge is 2.29. The molecule has 1 aromatic rings. The molecule has 0 radical (unpaired) electrons. The van der Waals surface area contributed by atoms with Gasteiger partial charge in [0, 0.05) is 5.75 Å². The van der Waals surface area contributed by atoms with Crippen LogP contribution in [-0.2, 0) is 9.53 Å². The van der Waals surface area contributed by atoms with Crippen LogP contribution in [0.3, 0.4) is 0 Å². The molecule has 7 heteroatoms. The van der Waals surface area contributed by atoms with Crippen LogP contribution in [-0.4, -0.2) is 33.7 Å². The van der Waals surface area contributed by atoms with Crippen LogP contribution in [0.1, 0.15) is 6.92 Å². The third-order valence-electron chi connectivity index (χ3n) is 1.49. The fourth-order valence-electron chi connectivity index (χ4n) is 0.730. The van der Waals surface area contributed by atoms with Gasteiger partial charge in [-0.3, -0.25) is 4.79 Å². The van der Waals surface area contributed by atoms with Crippen molar-refractivity contribution in [2.75, 3.05) is 12.9 Å². The minimum atomic E-state index is -0.981. The average Bonchev–Trinajstić information content (AvgIpc) is 2.66. The highest BCUT2D eigenvalue weighted by molar-refractivity contribution is 8.01. The smallest absolute Gasteiger partial charge is 0.326 e. The van der Waals surface area contributed by atoms with Gasteiger partial charge in [0.25, 0.3) is 0 Å². The lowest BCUT2D eigenvalue weighted by Gasteiger charge is -2.19. The predicted octanol–water partition coefficient (Wildman–Crippen LogP) is 0.521. The monoisotopic (exact) mass is 233 g/mol. The zero-order chi connectivity index (χ0) is 10.6. The third-order valence-corrected chi connectivity index (χ3v) is 3.62. The number of aromatic nitrogens is 2. The molecule has 0 aliphatic carbocycles. The van der Waals surface area contributed by atoms with E-state index in [0.717, 1.165) is 4.34 Å². The van der Waals surface area contributed by atoms with Gasteiger partial charge < -0.3 is 10.5 Å². The zero-order valence-electron chi connectivity index (χ0n) is 7.89. The van der Waals surface area contributed by atoms with Gasteiger partial charge in [-0.15, -0.1) is 0 Å². The molecule has 0 fully saturated rings. The summed E-state index contributed by atoms with van der Waals surface area (Å²) in [5.74, 6) is 0.00372. The van der Waals surface area contributed by atoms with E-state index in [9.17, 15) is 4.79 Å². The number of esters is 1. The van der Waals surface area contributed by atoms with E-state index in [4.69, 9.17) is 5.73 Å². The Kier molecular flexibility index (Phi) is 3.85. The predicted molar refractivity (Wildman–Crippen MR) is 55.2 cm³/mol. The van der Waals surface area contributed by atoms with Gasteiger partial charge >= 0.3 is 5.97 Å². The van der Waals surface area contributed by atoms with Crippen LogP contribution in [0.25, 0.3) is 0 Å². The molecule has 1 heterocycles. The number of rotatable bonds is 4. The molecule has 0 saturated carbocycles. The lowest BCUT2D eigenvalue weighted by atomic mass is 10.1. The van der Waals surface area contributed by atoms with Crippen molar-refractivity contribution in [3.8, 4) is 0 Å². The highest BCUT2D eigenvalue weighted by atomic mass is 32.2. The Labute approximate surface area is 90.2 Å². The molecule has 0 amide bonds. The Morgan fingerprint density at radius 3 is 3.07 bits per heavy atom. The maximum atomic E-state index is 11.2. The van der Waals surface area contributed by atoms with Crippen LogP contribution in [0, 0.1) is 0 Å². The van der Waals surface area contributed by atoms with E-state index in [0.29, 0.717) is 5.75 Å². The second-order valence-corrected chi connectivity index (χ2v) is 4.91. The van der Waals surface area contributed by atoms with E-state index in [1.165, 1.54) is 36.7 Å². The first-order chi connectivity index (χ1) is 6.56. The number of carbonyl (C=O) groups excluding carboxylic acids is 1. The minimum Gasteiger partial charge on any atom is -0.468 e. The Morgan fingerprint density at radius 2 is 2.57 bits per heavy atom. The van der Waals surface area contributed by atoms with Gasteiger partial charge in [-0.05, 0) is 18.5 Å². The molecule has 0 aromatic carbocycles. The van der Waals surface area contributed by atoms with E-state index in [1.54, 1.807) is 6.92 Å². The summed E-state index contributed by atoms with van der Waals surface area (Å²) in [4.78, 5) is 15.2. The van der Waals surface area contributed by atoms with Crippen molar-refractivity contribution < 1.29 is 9.53 Å². The summed E-state index contributed by atoms with van der Waals surface area (Å²) in [6.45, 7) is 1.63. The Bertz CT molecular complexity index is 300. The molecule has 1 rings (SSSR count). The van der Waals surface area contributed by atoms with Crippen molar-refractivity contribution in [2.24, 2.45) is 5.73 Å². The summed E-state index contributed by atoms with van der Waals surface area (Å²) < 4.78 is 9.21.